The lowest BCUT2D eigenvalue weighted by molar-refractivity contribution is 0.394. The van der Waals surface area contributed by atoms with Crippen molar-refractivity contribution in [3.63, 3.8) is 0 Å². The van der Waals surface area contributed by atoms with Gasteiger partial charge in [0, 0.05) is 13.1 Å². The number of anilines is 1. The minimum absolute atomic E-state index is 0.206. The van der Waals surface area contributed by atoms with Crippen LogP contribution in [0.5, 0.6) is 0 Å². The maximum Gasteiger partial charge on any atom is 0.303 e. The first kappa shape index (κ1) is 14.4. The summed E-state index contributed by atoms with van der Waals surface area (Å²) in [5, 5.41) is 0. The van der Waals surface area contributed by atoms with Gasteiger partial charge in [-0.15, -0.1) is 0 Å². The quantitative estimate of drug-likeness (QED) is 0.898. The number of hydrogen-bond acceptors (Lipinski definition) is 4. The molecule has 0 fully saturated rings. The van der Waals surface area contributed by atoms with Gasteiger partial charge in [0.25, 0.3) is 0 Å². The molecule has 2 heterocycles. The maximum absolute atomic E-state index is 12.4. The average Bonchev–Trinajstić information content (AvgIpc) is 2.49. The second kappa shape index (κ2) is 5.70. The molecule has 1 N–H and O–H groups in total. The molecule has 2 aromatic rings. The summed E-state index contributed by atoms with van der Waals surface area (Å²) in [6.07, 6.45) is 3.53. The molecule has 1 aromatic heterocycles. The zero-order chi connectivity index (χ0) is 14.9. The van der Waals surface area contributed by atoms with E-state index in [9.17, 15) is 8.42 Å². The number of nitrogens with one attached hydrogen (secondary N) is 1. The van der Waals surface area contributed by atoms with E-state index in [0.29, 0.717) is 24.1 Å². The lowest BCUT2D eigenvalue weighted by Crippen LogP contribution is -2.39. The third kappa shape index (κ3) is 3.22. The van der Waals surface area contributed by atoms with E-state index < -0.39 is 10.2 Å². The van der Waals surface area contributed by atoms with Gasteiger partial charge in [-0.3, -0.25) is 4.72 Å². The van der Waals surface area contributed by atoms with Crippen molar-refractivity contribution in [3.8, 4) is 0 Å². The molecule has 0 spiro atoms. The molecule has 0 unspecified atom stereocenters. The van der Waals surface area contributed by atoms with E-state index in [1.165, 1.54) is 22.3 Å². The topological polar surface area (TPSA) is 75.2 Å². The maximum atomic E-state index is 12.4. The van der Waals surface area contributed by atoms with Crippen molar-refractivity contribution >= 4 is 32.0 Å². The molecule has 8 heteroatoms. The molecule has 0 amide bonds. The monoisotopic (exact) mass is 368 g/mol. The summed E-state index contributed by atoms with van der Waals surface area (Å²) in [6, 6.07) is 7.88. The highest BCUT2D eigenvalue weighted by atomic mass is 79.9. The number of rotatable bonds is 3. The molecular weight excluding hydrogens is 356 g/mol. The Hall–Kier alpha value is -1.51. The zero-order valence-electron chi connectivity index (χ0n) is 11.0. The highest BCUT2D eigenvalue weighted by Gasteiger charge is 2.26. The van der Waals surface area contributed by atoms with Gasteiger partial charge in [-0.05, 0) is 33.5 Å². The van der Waals surface area contributed by atoms with E-state index in [-0.39, 0.29) is 5.82 Å². The van der Waals surface area contributed by atoms with Crippen LogP contribution in [0.4, 0.5) is 5.82 Å². The number of hydrogen-bond donors (Lipinski definition) is 1. The Kier molecular flexibility index (Phi) is 3.92. The first-order chi connectivity index (χ1) is 10.0. The van der Waals surface area contributed by atoms with Crippen molar-refractivity contribution in [1.29, 1.82) is 0 Å². The van der Waals surface area contributed by atoms with Crippen molar-refractivity contribution in [2.75, 3.05) is 11.3 Å². The van der Waals surface area contributed by atoms with E-state index in [4.69, 9.17) is 0 Å². The van der Waals surface area contributed by atoms with Crippen LogP contribution in [0, 0.1) is 0 Å². The molecule has 0 bridgehead atoms. The van der Waals surface area contributed by atoms with E-state index in [0.717, 1.165) is 5.56 Å². The van der Waals surface area contributed by atoms with Crippen LogP contribution in [0.1, 0.15) is 11.1 Å². The van der Waals surface area contributed by atoms with Gasteiger partial charge in [0.15, 0.2) is 5.82 Å². The van der Waals surface area contributed by atoms with Crippen molar-refractivity contribution in [1.82, 2.24) is 14.3 Å². The molecule has 0 atom stereocenters. The minimum atomic E-state index is -3.63. The normalized spacial score (nSPS) is 15.5. The zero-order valence-corrected chi connectivity index (χ0v) is 13.4. The molecule has 1 aliphatic heterocycles. The van der Waals surface area contributed by atoms with Gasteiger partial charge < -0.3 is 0 Å². The third-order valence-electron chi connectivity index (χ3n) is 3.29. The van der Waals surface area contributed by atoms with Gasteiger partial charge in [0.05, 0.1) is 12.4 Å². The molecule has 0 saturated carbocycles. The standard InChI is InChI=1S/C13H13BrN4O2S/c14-12-7-16-13(8-15-12)17-21(19,20)18-6-5-10-3-1-2-4-11(10)9-18/h1-4,7-8H,5-6,9H2,(H,16,17). The van der Waals surface area contributed by atoms with E-state index in [2.05, 4.69) is 30.6 Å². The summed E-state index contributed by atoms with van der Waals surface area (Å²) in [5.41, 5.74) is 2.24. The van der Waals surface area contributed by atoms with Crippen LogP contribution in [0.15, 0.2) is 41.3 Å². The Morgan fingerprint density at radius 1 is 1.14 bits per heavy atom. The Bertz CT molecular complexity index is 749. The summed E-state index contributed by atoms with van der Waals surface area (Å²) in [6.45, 7) is 0.825. The molecule has 110 valence electrons. The summed E-state index contributed by atoms with van der Waals surface area (Å²) < 4.78 is 29.2. The van der Waals surface area contributed by atoms with E-state index in [1.807, 2.05) is 24.3 Å². The Labute approximate surface area is 131 Å². The van der Waals surface area contributed by atoms with E-state index in [1.54, 1.807) is 0 Å². The minimum Gasteiger partial charge on any atom is -0.253 e. The van der Waals surface area contributed by atoms with Crippen molar-refractivity contribution in [3.05, 3.63) is 52.4 Å². The largest absolute Gasteiger partial charge is 0.303 e. The summed E-state index contributed by atoms with van der Waals surface area (Å²) in [4.78, 5) is 7.93. The third-order valence-corrected chi connectivity index (χ3v) is 5.16. The molecule has 0 saturated heterocycles. The van der Waals surface area contributed by atoms with Crippen LogP contribution >= 0.6 is 15.9 Å². The van der Waals surface area contributed by atoms with Gasteiger partial charge in [0.2, 0.25) is 0 Å². The SMILES string of the molecule is O=S(=O)(Nc1cnc(Br)cn1)N1CCc2ccccc2C1. The van der Waals surface area contributed by atoms with Crippen LogP contribution in [0.25, 0.3) is 0 Å². The molecule has 1 aliphatic rings. The number of halogens is 1. The Morgan fingerprint density at radius 2 is 1.90 bits per heavy atom. The summed E-state index contributed by atoms with van der Waals surface area (Å²) in [7, 11) is -3.63. The highest BCUT2D eigenvalue weighted by Crippen LogP contribution is 2.21. The number of fused-ring (bicyclic) bond motifs is 1. The number of aromatic nitrogens is 2. The van der Waals surface area contributed by atoms with Crippen LogP contribution in [0.2, 0.25) is 0 Å². The highest BCUT2D eigenvalue weighted by molar-refractivity contribution is 9.10. The smallest absolute Gasteiger partial charge is 0.253 e. The molecule has 0 radical (unpaired) electrons. The number of benzene rings is 1. The lowest BCUT2D eigenvalue weighted by atomic mass is 10.0. The molecular formula is C13H13BrN4O2S. The predicted molar refractivity (Wildman–Crippen MR) is 82.8 cm³/mol. The van der Waals surface area contributed by atoms with Crippen molar-refractivity contribution in [2.24, 2.45) is 0 Å². The fraction of sp³-hybridized carbons (Fsp3) is 0.231. The lowest BCUT2D eigenvalue weighted by Gasteiger charge is -2.27. The van der Waals surface area contributed by atoms with Crippen LogP contribution in [-0.2, 0) is 23.2 Å². The first-order valence-electron chi connectivity index (χ1n) is 6.37. The van der Waals surface area contributed by atoms with Gasteiger partial charge in [0.1, 0.15) is 4.60 Å². The fourth-order valence-electron chi connectivity index (χ4n) is 2.24. The van der Waals surface area contributed by atoms with Gasteiger partial charge >= 0.3 is 10.2 Å². The molecule has 3 rings (SSSR count). The second-order valence-electron chi connectivity index (χ2n) is 4.68. The van der Waals surface area contributed by atoms with Gasteiger partial charge in [-0.1, -0.05) is 24.3 Å². The van der Waals surface area contributed by atoms with Gasteiger partial charge in [-0.25, -0.2) is 9.97 Å². The van der Waals surface area contributed by atoms with Crippen LogP contribution < -0.4 is 4.72 Å². The van der Waals surface area contributed by atoms with Crippen LogP contribution in [-0.4, -0.2) is 29.2 Å². The summed E-state index contributed by atoms with van der Waals surface area (Å²) in [5.74, 6) is 0.206. The predicted octanol–water partition coefficient (Wildman–Crippen LogP) is 1.95. The average molecular weight is 369 g/mol. The second-order valence-corrected chi connectivity index (χ2v) is 7.17. The fourth-order valence-corrected chi connectivity index (χ4v) is 3.58. The van der Waals surface area contributed by atoms with E-state index >= 15 is 0 Å². The molecule has 0 aliphatic carbocycles. The van der Waals surface area contributed by atoms with Crippen LogP contribution in [0.3, 0.4) is 0 Å². The Morgan fingerprint density at radius 3 is 2.62 bits per heavy atom. The molecule has 1 aromatic carbocycles. The Balaban J connectivity index is 1.78. The number of nitrogens with zero attached hydrogens (tertiary/aromatic N) is 3. The molecule has 6 nitrogen and oxygen atoms in total. The van der Waals surface area contributed by atoms with Gasteiger partial charge in [-0.2, -0.15) is 12.7 Å². The summed E-state index contributed by atoms with van der Waals surface area (Å²) >= 11 is 3.16. The molecule has 21 heavy (non-hydrogen) atoms. The van der Waals surface area contributed by atoms with Crippen molar-refractivity contribution in [2.45, 2.75) is 13.0 Å². The first-order valence-corrected chi connectivity index (χ1v) is 8.60. The van der Waals surface area contributed by atoms with Crippen molar-refractivity contribution < 1.29 is 8.42 Å².